The van der Waals surface area contributed by atoms with Gasteiger partial charge in [-0.2, -0.15) is 0 Å². The zero-order valence-corrected chi connectivity index (χ0v) is 15.2. The Kier molecular flexibility index (Phi) is 3.82. The second-order valence-electron chi connectivity index (χ2n) is 7.20. The molecule has 28 heavy (non-hydrogen) atoms. The van der Waals surface area contributed by atoms with Gasteiger partial charge in [-0.15, -0.1) is 0 Å². The number of benzene rings is 2. The minimum Gasteiger partial charge on any atom is -0.448 e. The van der Waals surface area contributed by atoms with E-state index in [4.69, 9.17) is 9.47 Å². The van der Waals surface area contributed by atoms with Crippen LogP contribution in [0.15, 0.2) is 53.5 Å². The van der Waals surface area contributed by atoms with E-state index in [2.05, 4.69) is 10.3 Å². The number of nitrogens with zero attached hydrogens (tertiary/aromatic N) is 2. The summed E-state index contributed by atoms with van der Waals surface area (Å²) >= 11 is 0. The highest BCUT2D eigenvalue weighted by Gasteiger charge is 2.44. The summed E-state index contributed by atoms with van der Waals surface area (Å²) in [6.45, 7) is -0.0970. The number of nitrogens with one attached hydrogen (secondary N) is 1. The van der Waals surface area contributed by atoms with Crippen molar-refractivity contribution >= 4 is 22.6 Å². The van der Waals surface area contributed by atoms with Gasteiger partial charge < -0.3 is 14.8 Å². The van der Waals surface area contributed by atoms with Crippen LogP contribution in [0.4, 0.5) is 5.69 Å². The van der Waals surface area contributed by atoms with E-state index in [0.717, 1.165) is 25.7 Å². The lowest BCUT2D eigenvalue weighted by molar-refractivity contribution is -0.116. The van der Waals surface area contributed by atoms with Crippen molar-refractivity contribution < 1.29 is 14.3 Å². The average molecular weight is 377 g/mol. The highest BCUT2D eigenvalue weighted by molar-refractivity contribution is 5.91. The number of hydrogen-bond donors (Lipinski definition) is 1. The number of rotatable bonds is 3. The van der Waals surface area contributed by atoms with Crippen molar-refractivity contribution in [1.82, 2.24) is 9.55 Å². The average Bonchev–Trinajstić information content (AvgIpc) is 3.29. The van der Waals surface area contributed by atoms with Crippen molar-refractivity contribution in [2.75, 3.05) is 5.32 Å². The molecule has 1 fully saturated rings. The summed E-state index contributed by atoms with van der Waals surface area (Å²) in [5, 5.41) is 2.84. The first-order valence-corrected chi connectivity index (χ1v) is 9.38. The number of para-hydroxylation sites is 2. The minimum absolute atomic E-state index is 0.0970. The van der Waals surface area contributed by atoms with Gasteiger partial charge in [0.2, 0.25) is 5.91 Å². The first-order valence-electron chi connectivity index (χ1n) is 9.38. The Morgan fingerprint density at radius 3 is 2.75 bits per heavy atom. The lowest BCUT2D eigenvalue weighted by Gasteiger charge is -2.21. The Labute approximate surface area is 160 Å². The zero-order chi connectivity index (χ0) is 19.1. The number of ether oxygens (including phenoxy) is 2. The molecule has 7 nitrogen and oxygen atoms in total. The molecule has 1 N–H and O–H groups in total. The van der Waals surface area contributed by atoms with Crippen molar-refractivity contribution in [2.24, 2.45) is 0 Å². The second-order valence-corrected chi connectivity index (χ2v) is 7.20. The molecule has 1 amide bonds. The maximum Gasteiger partial charge on any atom is 0.269 e. The molecule has 0 unspecified atom stereocenters. The van der Waals surface area contributed by atoms with Gasteiger partial charge in [0.05, 0.1) is 17.2 Å². The fraction of sp³-hybridized carbons (Fsp3) is 0.286. The van der Waals surface area contributed by atoms with Gasteiger partial charge in [-0.25, -0.2) is 4.98 Å². The molecule has 1 spiro atoms. The predicted molar refractivity (Wildman–Crippen MR) is 104 cm³/mol. The summed E-state index contributed by atoms with van der Waals surface area (Å²) in [6, 6.07) is 12.6. The molecule has 7 heteroatoms. The van der Waals surface area contributed by atoms with E-state index in [1.165, 1.54) is 10.8 Å². The summed E-state index contributed by atoms with van der Waals surface area (Å²) in [5.41, 5.74) is 1.58. The molecule has 1 aromatic heterocycles. The molecule has 0 saturated heterocycles. The first-order chi connectivity index (χ1) is 13.6. The molecule has 142 valence electrons. The van der Waals surface area contributed by atoms with Gasteiger partial charge in [0, 0.05) is 24.6 Å². The molecule has 5 rings (SSSR count). The van der Waals surface area contributed by atoms with Crippen LogP contribution >= 0.6 is 0 Å². The van der Waals surface area contributed by atoms with E-state index in [1.54, 1.807) is 24.3 Å². The quantitative estimate of drug-likeness (QED) is 0.759. The normalized spacial score (nSPS) is 16.6. The van der Waals surface area contributed by atoms with E-state index in [-0.39, 0.29) is 18.0 Å². The highest BCUT2D eigenvalue weighted by atomic mass is 16.7. The number of anilines is 1. The smallest absolute Gasteiger partial charge is 0.269 e. The molecule has 0 radical (unpaired) electrons. The molecule has 1 aliphatic carbocycles. The number of carbonyl (C=O) groups excluding carboxylic acids is 1. The van der Waals surface area contributed by atoms with Crippen LogP contribution in [-0.4, -0.2) is 21.2 Å². The van der Waals surface area contributed by atoms with Crippen LogP contribution in [0.25, 0.3) is 11.0 Å². The van der Waals surface area contributed by atoms with Crippen molar-refractivity contribution in [3.05, 3.63) is 59.0 Å². The van der Waals surface area contributed by atoms with Gasteiger partial charge in [-0.05, 0) is 37.1 Å². The third-order valence-electron chi connectivity index (χ3n) is 5.24. The SMILES string of the molecule is O=C(Cn1c(=O)cnc2ccccc21)Nc1ccc2c(c1)OC1(CCCC1)O2. The van der Waals surface area contributed by atoms with Crippen LogP contribution < -0.4 is 20.3 Å². The van der Waals surface area contributed by atoms with Crippen LogP contribution in [0.1, 0.15) is 25.7 Å². The number of hydrogen-bond acceptors (Lipinski definition) is 5. The molecule has 0 atom stereocenters. The van der Waals surface area contributed by atoms with Gasteiger partial charge in [-0.1, -0.05) is 12.1 Å². The molecule has 3 aromatic rings. The zero-order valence-electron chi connectivity index (χ0n) is 15.2. The maximum absolute atomic E-state index is 12.6. The van der Waals surface area contributed by atoms with Gasteiger partial charge in [0.15, 0.2) is 11.5 Å². The Bertz CT molecular complexity index is 1130. The Hall–Kier alpha value is -3.35. The second kappa shape index (κ2) is 6.37. The monoisotopic (exact) mass is 377 g/mol. The van der Waals surface area contributed by atoms with E-state index in [1.807, 2.05) is 18.2 Å². The lowest BCUT2D eigenvalue weighted by atomic mass is 10.2. The topological polar surface area (TPSA) is 82.5 Å². The summed E-state index contributed by atoms with van der Waals surface area (Å²) in [6.07, 6.45) is 5.17. The van der Waals surface area contributed by atoms with Gasteiger partial charge in [0.1, 0.15) is 6.54 Å². The van der Waals surface area contributed by atoms with Gasteiger partial charge in [-0.3, -0.25) is 14.2 Å². The van der Waals surface area contributed by atoms with Crippen molar-refractivity contribution in [1.29, 1.82) is 0 Å². The molecular formula is C21H19N3O4. The number of carbonyl (C=O) groups is 1. The van der Waals surface area contributed by atoms with Crippen LogP contribution in [-0.2, 0) is 11.3 Å². The third kappa shape index (κ3) is 2.89. The molecular weight excluding hydrogens is 358 g/mol. The summed E-state index contributed by atoms with van der Waals surface area (Å²) in [5.74, 6) is 0.518. The summed E-state index contributed by atoms with van der Waals surface area (Å²) in [7, 11) is 0. The Balaban J connectivity index is 1.35. The largest absolute Gasteiger partial charge is 0.448 e. The van der Waals surface area contributed by atoms with Crippen LogP contribution in [0, 0.1) is 0 Å². The first kappa shape index (κ1) is 16.8. The van der Waals surface area contributed by atoms with E-state index >= 15 is 0 Å². The van der Waals surface area contributed by atoms with Crippen LogP contribution in [0.5, 0.6) is 11.5 Å². The molecule has 2 aliphatic rings. The van der Waals surface area contributed by atoms with Crippen molar-refractivity contribution in [2.45, 2.75) is 38.0 Å². The van der Waals surface area contributed by atoms with Gasteiger partial charge in [0.25, 0.3) is 11.3 Å². The molecule has 2 aromatic carbocycles. The maximum atomic E-state index is 12.6. The number of amides is 1. The highest BCUT2D eigenvalue weighted by Crippen LogP contribution is 2.47. The minimum atomic E-state index is -0.534. The number of fused-ring (bicyclic) bond motifs is 2. The number of aromatic nitrogens is 2. The standard InChI is InChI=1S/C21H19N3O4/c25-19(13-24-16-6-2-1-5-15(16)22-12-20(24)26)23-14-7-8-17-18(11-14)28-21(27-17)9-3-4-10-21/h1-2,5-8,11-12H,3-4,9-10,13H2,(H,23,25). The van der Waals surface area contributed by atoms with Crippen LogP contribution in [0.2, 0.25) is 0 Å². The summed E-state index contributed by atoms with van der Waals surface area (Å²) in [4.78, 5) is 28.9. The predicted octanol–water partition coefficient (Wildman–Crippen LogP) is 3.08. The lowest BCUT2D eigenvalue weighted by Crippen LogP contribution is -2.34. The Morgan fingerprint density at radius 2 is 1.89 bits per heavy atom. The van der Waals surface area contributed by atoms with E-state index in [0.29, 0.717) is 28.2 Å². The summed E-state index contributed by atoms with van der Waals surface area (Å²) < 4.78 is 13.4. The van der Waals surface area contributed by atoms with E-state index in [9.17, 15) is 9.59 Å². The van der Waals surface area contributed by atoms with Crippen LogP contribution in [0.3, 0.4) is 0 Å². The molecule has 0 bridgehead atoms. The molecule has 1 aliphatic heterocycles. The fourth-order valence-corrected chi connectivity index (χ4v) is 3.91. The van der Waals surface area contributed by atoms with E-state index < -0.39 is 5.79 Å². The molecule has 2 heterocycles. The van der Waals surface area contributed by atoms with Crippen molar-refractivity contribution in [3.8, 4) is 11.5 Å². The Morgan fingerprint density at radius 1 is 1.11 bits per heavy atom. The van der Waals surface area contributed by atoms with Crippen molar-refractivity contribution in [3.63, 3.8) is 0 Å². The fourth-order valence-electron chi connectivity index (χ4n) is 3.91. The van der Waals surface area contributed by atoms with Gasteiger partial charge >= 0.3 is 0 Å². The molecule has 1 saturated carbocycles. The third-order valence-corrected chi connectivity index (χ3v) is 5.24.